The number of thioether (sulfide) groups is 1. The highest BCUT2D eigenvalue weighted by Gasteiger charge is 2.21. The van der Waals surface area contributed by atoms with Crippen LogP contribution in [0, 0.1) is 11.7 Å². The molecule has 1 aromatic rings. The summed E-state index contributed by atoms with van der Waals surface area (Å²) in [5.41, 5.74) is 0.855. The maximum absolute atomic E-state index is 13.1. The van der Waals surface area contributed by atoms with Crippen LogP contribution in [0.5, 0.6) is 0 Å². The van der Waals surface area contributed by atoms with Crippen LogP contribution in [0.2, 0.25) is 0 Å². The van der Waals surface area contributed by atoms with Crippen LogP contribution in [0.15, 0.2) is 27.7 Å². The highest BCUT2D eigenvalue weighted by molar-refractivity contribution is 9.10. The van der Waals surface area contributed by atoms with Crippen molar-refractivity contribution in [2.75, 3.05) is 11.1 Å². The number of nitrogens with one attached hydrogen (secondary N) is 1. The van der Waals surface area contributed by atoms with Crippen LogP contribution >= 0.6 is 27.7 Å². The molecule has 1 atom stereocenters. The molecule has 1 N–H and O–H groups in total. The summed E-state index contributed by atoms with van der Waals surface area (Å²) in [5, 5.41) is 4.13. The van der Waals surface area contributed by atoms with Crippen LogP contribution in [0.1, 0.15) is 13.8 Å². The fourth-order valence-electron chi connectivity index (χ4n) is 1.50. The molecule has 0 saturated heterocycles. The number of amidine groups is 1. The molecule has 0 saturated carbocycles. The molecule has 1 aliphatic rings. The van der Waals surface area contributed by atoms with Crippen molar-refractivity contribution in [3.63, 3.8) is 0 Å². The largest absolute Gasteiger partial charge is 0.335 e. The molecule has 1 aliphatic heterocycles. The molecular weight excluding hydrogens is 303 g/mol. The van der Waals surface area contributed by atoms with E-state index in [9.17, 15) is 4.39 Å². The minimum Gasteiger partial charge on any atom is -0.335 e. The standard InChI is InChI=1S/C12H14BrFN2S/c1-7(2)11-6-17-12(16-11)15-8-3-4-10(14)9(13)5-8/h3-5,7,11H,6H2,1-2H3,(H,15,16)/t11-/m1/s1. The average molecular weight is 317 g/mol. The Labute approximate surface area is 113 Å². The molecule has 0 aliphatic carbocycles. The van der Waals surface area contributed by atoms with E-state index in [0.717, 1.165) is 16.6 Å². The molecule has 2 nitrogen and oxygen atoms in total. The first-order valence-corrected chi connectivity index (χ1v) is 7.27. The van der Waals surface area contributed by atoms with E-state index in [1.54, 1.807) is 23.9 Å². The number of aliphatic imine (C=N–C) groups is 1. The van der Waals surface area contributed by atoms with Gasteiger partial charge in [0.05, 0.1) is 10.5 Å². The monoisotopic (exact) mass is 316 g/mol. The fourth-order valence-corrected chi connectivity index (χ4v) is 3.06. The Hall–Kier alpha value is -0.550. The quantitative estimate of drug-likeness (QED) is 0.887. The number of anilines is 1. The van der Waals surface area contributed by atoms with Gasteiger partial charge in [-0.15, -0.1) is 0 Å². The van der Waals surface area contributed by atoms with Crippen molar-refractivity contribution < 1.29 is 4.39 Å². The zero-order valence-electron chi connectivity index (χ0n) is 9.71. The Bertz CT molecular complexity index is 448. The van der Waals surface area contributed by atoms with Gasteiger partial charge in [-0.3, -0.25) is 4.99 Å². The van der Waals surface area contributed by atoms with Crippen molar-refractivity contribution in [1.82, 2.24) is 0 Å². The molecule has 0 radical (unpaired) electrons. The molecule has 0 aromatic heterocycles. The molecule has 17 heavy (non-hydrogen) atoms. The van der Waals surface area contributed by atoms with Crippen molar-refractivity contribution in [2.24, 2.45) is 10.9 Å². The lowest BCUT2D eigenvalue weighted by Gasteiger charge is -2.08. The number of nitrogens with zero attached hydrogens (tertiary/aromatic N) is 1. The minimum atomic E-state index is -0.253. The Kier molecular flexibility index (Phi) is 4.09. The van der Waals surface area contributed by atoms with Gasteiger partial charge in [-0.25, -0.2) is 4.39 Å². The summed E-state index contributed by atoms with van der Waals surface area (Å²) >= 11 is 4.88. The summed E-state index contributed by atoms with van der Waals surface area (Å²) in [4.78, 5) is 4.59. The predicted octanol–water partition coefficient (Wildman–Crippen LogP) is 4.13. The van der Waals surface area contributed by atoms with Gasteiger partial charge in [0.25, 0.3) is 0 Å². The van der Waals surface area contributed by atoms with Crippen molar-refractivity contribution in [3.8, 4) is 0 Å². The summed E-state index contributed by atoms with van der Waals surface area (Å²) in [5.74, 6) is 1.32. The van der Waals surface area contributed by atoms with Gasteiger partial charge < -0.3 is 5.32 Å². The smallest absolute Gasteiger partial charge is 0.161 e. The molecule has 0 fully saturated rings. The van der Waals surface area contributed by atoms with E-state index in [1.165, 1.54) is 6.07 Å². The Morgan fingerprint density at radius 3 is 2.88 bits per heavy atom. The summed E-state index contributed by atoms with van der Waals surface area (Å²) in [7, 11) is 0. The van der Waals surface area contributed by atoms with Gasteiger partial charge in [0, 0.05) is 11.4 Å². The minimum absolute atomic E-state index is 0.253. The van der Waals surface area contributed by atoms with Crippen LogP contribution < -0.4 is 5.32 Å². The van der Waals surface area contributed by atoms with E-state index >= 15 is 0 Å². The number of hydrogen-bond donors (Lipinski definition) is 1. The first-order valence-electron chi connectivity index (χ1n) is 5.49. The first-order chi connectivity index (χ1) is 8.06. The maximum Gasteiger partial charge on any atom is 0.161 e. The molecule has 2 rings (SSSR count). The van der Waals surface area contributed by atoms with Gasteiger partial charge >= 0.3 is 0 Å². The Morgan fingerprint density at radius 2 is 2.29 bits per heavy atom. The topological polar surface area (TPSA) is 24.4 Å². The molecule has 0 bridgehead atoms. The molecule has 0 unspecified atom stereocenters. The van der Waals surface area contributed by atoms with Gasteiger partial charge in [0.15, 0.2) is 5.17 Å². The van der Waals surface area contributed by atoms with Gasteiger partial charge in [-0.1, -0.05) is 25.6 Å². The van der Waals surface area contributed by atoms with Crippen LogP contribution in [0.3, 0.4) is 0 Å². The van der Waals surface area contributed by atoms with E-state index in [4.69, 9.17) is 0 Å². The zero-order chi connectivity index (χ0) is 12.4. The van der Waals surface area contributed by atoms with Crippen LogP contribution in [-0.2, 0) is 0 Å². The zero-order valence-corrected chi connectivity index (χ0v) is 12.1. The van der Waals surface area contributed by atoms with Crippen LogP contribution in [0.4, 0.5) is 10.1 Å². The molecule has 5 heteroatoms. The molecular formula is C12H14BrFN2S. The number of benzene rings is 1. The second-order valence-corrected chi connectivity index (χ2v) is 6.17. The Morgan fingerprint density at radius 1 is 1.53 bits per heavy atom. The third-order valence-corrected chi connectivity index (χ3v) is 4.21. The van der Waals surface area contributed by atoms with E-state index in [1.807, 2.05) is 0 Å². The summed E-state index contributed by atoms with van der Waals surface area (Å²) in [6, 6.07) is 5.26. The predicted molar refractivity (Wildman–Crippen MR) is 76.2 cm³/mol. The second-order valence-electron chi connectivity index (χ2n) is 4.31. The molecule has 0 spiro atoms. The van der Waals surface area contributed by atoms with Crippen LogP contribution in [-0.4, -0.2) is 17.0 Å². The lowest BCUT2D eigenvalue weighted by molar-refractivity contribution is 0.543. The third-order valence-electron chi connectivity index (χ3n) is 2.61. The number of rotatable bonds is 2. The van der Waals surface area contributed by atoms with Crippen molar-refractivity contribution in [2.45, 2.75) is 19.9 Å². The molecule has 0 amide bonds. The van der Waals surface area contributed by atoms with Gasteiger partial charge in [-0.05, 0) is 40.0 Å². The molecule has 1 heterocycles. The summed E-state index contributed by atoms with van der Waals surface area (Å²) in [6.45, 7) is 4.35. The number of halogens is 2. The SMILES string of the molecule is CC(C)[C@H]1CSC(Nc2ccc(F)c(Br)c2)=N1. The van der Waals surface area contributed by atoms with Crippen LogP contribution in [0.25, 0.3) is 0 Å². The van der Waals surface area contributed by atoms with E-state index < -0.39 is 0 Å². The van der Waals surface area contributed by atoms with Crippen molar-refractivity contribution in [3.05, 3.63) is 28.5 Å². The summed E-state index contributed by atoms with van der Waals surface area (Å²) < 4.78 is 13.5. The highest BCUT2D eigenvalue weighted by atomic mass is 79.9. The second kappa shape index (κ2) is 5.40. The summed E-state index contributed by atoms with van der Waals surface area (Å²) in [6.07, 6.45) is 0. The van der Waals surface area contributed by atoms with Gasteiger partial charge in [0.1, 0.15) is 5.82 Å². The van der Waals surface area contributed by atoms with Gasteiger partial charge in [0.2, 0.25) is 0 Å². The molecule has 1 aromatic carbocycles. The first kappa shape index (κ1) is 12.9. The lowest BCUT2D eigenvalue weighted by atomic mass is 10.1. The fraction of sp³-hybridized carbons (Fsp3) is 0.417. The third kappa shape index (κ3) is 3.22. The van der Waals surface area contributed by atoms with E-state index in [-0.39, 0.29) is 5.82 Å². The number of hydrogen-bond acceptors (Lipinski definition) is 3. The lowest BCUT2D eigenvalue weighted by Crippen LogP contribution is -2.12. The van der Waals surface area contributed by atoms with E-state index in [2.05, 4.69) is 40.1 Å². The molecule has 92 valence electrons. The highest BCUT2D eigenvalue weighted by Crippen LogP contribution is 2.26. The van der Waals surface area contributed by atoms with Crippen molar-refractivity contribution in [1.29, 1.82) is 0 Å². The normalized spacial score (nSPS) is 19.6. The average Bonchev–Trinajstić information content (AvgIpc) is 2.72. The van der Waals surface area contributed by atoms with Gasteiger partial charge in [-0.2, -0.15) is 0 Å². The van der Waals surface area contributed by atoms with Crippen molar-refractivity contribution >= 4 is 38.5 Å². The maximum atomic E-state index is 13.1. The Balaban J connectivity index is 2.06. The van der Waals surface area contributed by atoms with E-state index in [0.29, 0.717) is 16.4 Å².